The number of Topliss-reactive ketones (excluding diaryl/α,β-unsaturated/α-hetero) is 1. The summed E-state index contributed by atoms with van der Waals surface area (Å²) in [6.07, 6.45) is 5.98. The topological polar surface area (TPSA) is 77.8 Å². The lowest BCUT2D eigenvalue weighted by Crippen LogP contribution is -2.72. The van der Waals surface area contributed by atoms with Gasteiger partial charge in [-0.3, -0.25) is 9.59 Å². The summed E-state index contributed by atoms with van der Waals surface area (Å²) in [4.78, 5) is 29.8. The standard InChI is InChI=1S/C29H33NO4/c1-16-18-13-19-25-28-12-6-11-27(2,15-30(25)21(32)10-9-17-7-4-3-5-8-17)23(28)20(31)14-29(19,26(16)34)24(28)22(18)33/h3-5,7-10,18-19,22-26,33-34H,1,6,11-15H2,2H3/b10-9+/t18-,19-,22+,23-,24+,25?,26-,27+,28+,29-/m1/s1. The molecule has 178 valence electrons. The molecule has 7 fully saturated rings. The third kappa shape index (κ3) is 2.16. The number of hydrogen-bond acceptors (Lipinski definition) is 4. The van der Waals surface area contributed by atoms with Gasteiger partial charge in [-0.1, -0.05) is 50.3 Å². The number of hydrogen-bond donors (Lipinski definition) is 2. The maximum absolute atomic E-state index is 13.9. The summed E-state index contributed by atoms with van der Waals surface area (Å²) < 4.78 is 0. The molecule has 10 atom stereocenters. The predicted octanol–water partition coefficient (Wildman–Crippen LogP) is 3.22. The second kappa shape index (κ2) is 6.50. The molecule has 1 aromatic rings. The van der Waals surface area contributed by atoms with Gasteiger partial charge in [0.1, 0.15) is 5.78 Å². The normalized spacial score (nSPS) is 50.2. The SMILES string of the molecule is C=C1[C@H]2C[C@@H]3C4N(C(=O)/C=C/c5ccccc5)C[C@]5(C)CCC[C@@]46[C@@H]5C(=O)C[C@]3([C@@H]1O)[C@H]6[C@H]2O. The Kier molecular flexibility index (Phi) is 4.03. The van der Waals surface area contributed by atoms with Crippen molar-refractivity contribution in [2.24, 2.45) is 39.9 Å². The van der Waals surface area contributed by atoms with Crippen molar-refractivity contribution in [3.05, 3.63) is 54.1 Å². The summed E-state index contributed by atoms with van der Waals surface area (Å²) in [6.45, 7) is 6.94. The molecule has 6 aliphatic carbocycles. The highest BCUT2D eigenvalue weighted by Crippen LogP contribution is 2.82. The molecule has 0 radical (unpaired) electrons. The van der Waals surface area contributed by atoms with Gasteiger partial charge in [-0.15, -0.1) is 0 Å². The van der Waals surface area contributed by atoms with Crippen molar-refractivity contribution in [2.45, 2.75) is 57.3 Å². The van der Waals surface area contributed by atoms with Crippen molar-refractivity contribution in [2.75, 3.05) is 6.54 Å². The van der Waals surface area contributed by atoms with Crippen LogP contribution in [0.15, 0.2) is 48.6 Å². The first-order valence-electron chi connectivity index (χ1n) is 12.9. The van der Waals surface area contributed by atoms with Gasteiger partial charge in [0.2, 0.25) is 5.91 Å². The first-order chi connectivity index (χ1) is 16.3. The molecule has 5 heteroatoms. The second-order valence-electron chi connectivity index (χ2n) is 12.4. The number of aliphatic hydroxyl groups excluding tert-OH is 2. The van der Waals surface area contributed by atoms with E-state index in [1.165, 1.54) is 0 Å². The van der Waals surface area contributed by atoms with Crippen molar-refractivity contribution in [1.82, 2.24) is 4.90 Å². The Morgan fingerprint density at radius 3 is 2.71 bits per heavy atom. The average Bonchev–Trinajstić information content (AvgIpc) is 2.92. The summed E-state index contributed by atoms with van der Waals surface area (Å²) >= 11 is 0. The number of carbonyl (C=O) groups excluding carboxylic acids is 2. The summed E-state index contributed by atoms with van der Waals surface area (Å²) in [5.41, 5.74) is 0.253. The number of carbonyl (C=O) groups is 2. The highest BCUT2D eigenvalue weighted by atomic mass is 16.3. The fraction of sp³-hybridized carbons (Fsp3) is 0.586. The highest BCUT2D eigenvalue weighted by molar-refractivity contribution is 5.94. The number of amides is 1. The van der Waals surface area contributed by atoms with Crippen molar-refractivity contribution < 1.29 is 19.8 Å². The van der Waals surface area contributed by atoms with Gasteiger partial charge in [-0.2, -0.15) is 0 Å². The zero-order valence-electron chi connectivity index (χ0n) is 19.7. The van der Waals surface area contributed by atoms with E-state index in [0.29, 0.717) is 25.0 Å². The number of fused-ring (bicyclic) bond motifs is 1. The van der Waals surface area contributed by atoms with Gasteiger partial charge in [0.25, 0.3) is 0 Å². The van der Waals surface area contributed by atoms with E-state index in [9.17, 15) is 19.8 Å². The molecule has 1 heterocycles. The van der Waals surface area contributed by atoms with E-state index in [-0.39, 0.29) is 46.8 Å². The molecule has 1 aromatic carbocycles. The van der Waals surface area contributed by atoms with Crippen molar-refractivity contribution in [3.63, 3.8) is 0 Å². The molecule has 2 N–H and O–H groups in total. The van der Waals surface area contributed by atoms with Crippen LogP contribution in [0.3, 0.4) is 0 Å². The van der Waals surface area contributed by atoms with Crippen LogP contribution >= 0.6 is 0 Å². The first kappa shape index (κ1) is 21.1. The molecule has 34 heavy (non-hydrogen) atoms. The minimum Gasteiger partial charge on any atom is -0.392 e. The van der Waals surface area contributed by atoms with Crippen LogP contribution in [-0.4, -0.2) is 51.6 Å². The third-order valence-electron chi connectivity index (χ3n) is 11.1. The van der Waals surface area contributed by atoms with Gasteiger partial charge < -0.3 is 15.1 Å². The molecule has 0 aromatic heterocycles. The summed E-state index contributed by atoms with van der Waals surface area (Å²) in [5.74, 6) is -0.179. The molecule has 1 unspecified atom stereocenters. The molecule has 1 saturated heterocycles. The van der Waals surface area contributed by atoms with Crippen LogP contribution in [0.5, 0.6) is 0 Å². The zero-order chi connectivity index (χ0) is 23.6. The maximum Gasteiger partial charge on any atom is 0.246 e. The number of ketones is 1. The minimum atomic E-state index is -0.778. The Morgan fingerprint density at radius 1 is 1.18 bits per heavy atom. The number of piperidine rings is 1. The molecule has 1 aliphatic heterocycles. The maximum atomic E-state index is 13.9. The Bertz CT molecular complexity index is 1140. The fourth-order valence-electron chi connectivity index (χ4n) is 10.5. The van der Waals surface area contributed by atoms with Crippen LogP contribution in [0.4, 0.5) is 0 Å². The van der Waals surface area contributed by atoms with Gasteiger partial charge in [-0.25, -0.2) is 0 Å². The smallest absolute Gasteiger partial charge is 0.246 e. The largest absolute Gasteiger partial charge is 0.392 e. The van der Waals surface area contributed by atoms with Gasteiger partial charge in [0, 0.05) is 53.7 Å². The van der Waals surface area contributed by atoms with Crippen LogP contribution in [0.1, 0.15) is 44.6 Å². The van der Waals surface area contributed by atoms with Crippen molar-refractivity contribution in [1.29, 1.82) is 0 Å². The molecule has 1 amide bonds. The van der Waals surface area contributed by atoms with E-state index >= 15 is 0 Å². The summed E-state index contributed by atoms with van der Waals surface area (Å²) in [5, 5.41) is 23.2. The Hall–Kier alpha value is -2.24. The lowest BCUT2D eigenvalue weighted by molar-refractivity contribution is -0.222. The van der Waals surface area contributed by atoms with Crippen LogP contribution in [0.25, 0.3) is 6.08 Å². The van der Waals surface area contributed by atoms with Gasteiger partial charge in [-0.05, 0) is 47.8 Å². The summed E-state index contributed by atoms with van der Waals surface area (Å²) in [6, 6.07) is 9.73. The first-order valence-corrected chi connectivity index (χ1v) is 12.9. The van der Waals surface area contributed by atoms with E-state index in [4.69, 9.17) is 0 Å². The summed E-state index contributed by atoms with van der Waals surface area (Å²) in [7, 11) is 0. The molecule has 6 bridgehead atoms. The third-order valence-corrected chi connectivity index (χ3v) is 11.1. The lowest BCUT2D eigenvalue weighted by Gasteiger charge is -2.67. The number of rotatable bonds is 2. The number of nitrogens with zero attached hydrogens (tertiary/aromatic N) is 1. The highest BCUT2D eigenvalue weighted by Gasteiger charge is 2.85. The van der Waals surface area contributed by atoms with E-state index in [1.54, 1.807) is 6.08 Å². The van der Waals surface area contributed by atoms with Crippen molar-refractivity contribution >= 4 is 17.8 Å². The van der Waals surface area contributed by atoms with E-state index in [0.717, 1.165) is 24.8 Å². The Morgan fingerprint density at radius 2 is 1.94 bits per heavy atom. The minimum absolute atomic E-state index is 0.0134. The molecule has 7 aliphatic rings. The molecule has 5 nitrogen and oxygen atoms in total. The molecule has 8 rings (SSSR count). The number of aliphatic hydroxyl groups is 2. The zero-order valence-corrected chi connectivity index (χ0v) is 19.7. The predicted molar refractivity (Wildman–Crippen MR) is 127 cm³/mol. The lowest BCUT2D eigenvalue weighted by atomic mass is 9.38. The van der Waals surface area contributed by atoms with E-state index < -0.39 is 23.0 Å². The molecule has 6 saturated carbocycles. The van der Waals surface area contributed by atoms with Gasteiger partial charge in [0.05, 0.1) is 12.2 Å². The molecular weight excluding hydrogens is 426 g/mol. The van der Waals surface area contributed by atoms with E-state index in [1.807, 2.05) is 36.4 Å². The monoisotopic (exact) mass is 459 g/mol. The number of likely N-dealkylation sites (tertiary alicyclic amines) is 1. The number of benzene rings is 1. The van der Waals surface area contributed by atoms with Crippen LogP contribution in [-0.2, 0) is 9.59 Å². The Balaban J connectivity index is 1.40. The average molecular weight is 460 g/mol. The Labute approximate surface area is 200 Å². The van der Waals surface area contributed by atoms with Crippen LogP contribution < -0.4 is 0 Å². The second-order valence-corrected chi connectivity index (χ2v) is 12.4. The van der Waals surface area contributed by atoms with Crippen molar-refractivity contribution in [3.8, 4) is 0 Å². The van der Waals surface area contributed by atoms with Gasteiger partial charge >= 0.3 is 0 Å². The van der Waals surface area contributed by atoms with E-state index in [2.05, 4.69) is 18.4 Å². The molecule has 2 spiro atoms. The van der Waals surface area contributed by atoms with Gasteiger partial charge in [0.15, 0.2) is 0 Å². The quantitative estimate of drug-likeness (QED) is 0.526. The van der Waals surface area contributed by atoms with Crippen LogP contribution in [0.2, 0.25) is 0 Å². The van der Waals surface area contributed by atoms with Crippen LogP contribution in [0, 0.1) is 39.9 Å². The fourth-order valence-corrected chi connectivity index (χ4v) is 10.5. The molecular formula is C29H33NO4.